The monoisotopic (exact) mass is 204 g/mol. The van der Waals surface area contributed by atoms with Crippen molar-refractivity contribution >= 4 is 11.6 Å². The van der Waals surface area contributed by atoms with E-state index in [4.69, 9.17) is 5.73 Å². The van der Waals surface area contributed by atoms with Crippen molar-refractivity contribution in [2.45, 2.75) is 25.3 Å². The zero-order valence-corrected chi connectivity index (χ0v) is 9.10. The highest BCUT2D eigenvalue weighted by Crippen LogP contribution is 2.33. The predicted octanol–water partition coefficient (Wildman–Crippen LogP) is 1.60. The number of benzene rings is 1. The molecule has 2 unspecified atom stereocenters. The molecule has 0 radical (unpaired) electrons. The Morgan fingerprint density at radius 3 is 2.40 bits per heavy atom. The maximum atomic E-state index is 11.5. The van der Waals surface area contributed by atoms with Crippen LogP contribution in [0.25, 0.3) is 0 Å². The van der Waals surface area contributed by atoms with E-state index in [1.807, 2.05) is 36.2 Å². The Balaban J connectivity index is 2.25. The molecule has 1 saturated heterocycles. The van der Waals surface area contributed by atoms with Gasteiger partial charge in [-0.2, -0.15) is 0 Å². The number of rotatable bonds is 1. The standard InChI is InChI=1S/C12H16N2O/c1-8-11(7-12(15)14(8)2)9-3-5-10(13)6-4-9/h3-6,8,11H,7,13H2,1-2H3. The van der Waals surface area contributed by atoms with Crippen LogP contribution in [0.3, 0.4) is 0 Å². The Labute approximate surface area is 89.9 Å². The number of carbonyl (C=O) groups is 1. The van der Waals surface area contributed by atoms with Gasteiger partial charge in [0.2, 0.25) is 5.91 Å². The van der Waals surface area contributed by atoms with Crippen molar-refractivity contribution in [1.29, 1.82) is 0 Å². The van der Waals surface area contributed by atoms with Gasteiger partial charge in [0.25, 0.3) is 0 Å². The van der Waals surface area contributed by atoms with E-state index in [9.17, 15) is 4.79 Å². The summed E-state index contributed by atoms with van der Waals surface area (Å²) in [7, 11) is 1.87. The second-order valence-corrected chi connectivity index (χ2v) is 4.22. The fourth-order valence-electron chi connectivity index (χ4n) is 2.14. The molecule has 0 saturated carbocycles. The molecule has 3 nitrogen and oxygen atoms in total. The quantitative estimate of drug-likeness (QED) is 0.706. The van der Waals surface area contributed by atoms with E-state index in [-0.39, 0.29) is 11.9 Å². The maximum Gasteiger partial charge on any atom is 0.223 e. The number of hydrogen-bond donors (Lipinski definition) is 1. The lowest BCUT2D eigenvalue weighted by Crippen LogP contribution is -2.27. The van der Waals surface area contributed by atoms with Crippen LogP contribution in [0.4, 0.5) is 5.69 Å². The van der Waals surface area contributed by atoms with E-state index < -0.39 is 0 Å². The third-order valence-electron chi connectivity index (χ3n) is 3.35. The molecule has 15 heavy (non-hydrogen) atoms. The predicted molar refractivity (Wildman–Crippen MR) is 60.4 cm³/mol. The molecule has 0 aliphatic carbocycles. The van der Waals surface area contributed by atoms with Crippen LogP contribution in [0.2, 0.25) is 0 Å². The number of hydrogen-bond acceptors (Lipinski definition) is 2. The zero-order chi connectivity index (χ0) is 11.0. The van der Waals surface area contributed by atoms with Gasteiger partial charge >= 0.3 is 0 Å². The topological polar surface area (TPSA) is 46.3 Å². The second-order valence-electron chi connectivity index (χ2n) is 4.22. The largest absolute Gasteiger partial charge is 0.399 e. The first-order valence-corrected chi connectivity index (χ1v) is 5.20. The van der Waals surface area contributed by atoms with Gasteiger partial charge in [0.15, 0.2) is 0 Å². The van der Waals surface area contributed by atoms with E-state index in [2.05, 4.69) is 6.92 Å². The minimum atomic E-state index is 0.226. The number of likely N-dealkylation sites (N-methyl/N-ethyl adjacent to an activating group) is 1. The molecule has 0 bridgehead atoms. The van der Waals surface area contributed by atoms with Crippen molar-refractivity contribution in [3.63, 3.8) is 0 Å². The van der Waals surface area contributed by atoms with Crippen molar-refractivity contribution in [3.05, 3.63) is 29.8 Å². The van der Waals surface area contributed by atoms with E-state index >= 15 is 0 Å². The number of likely N-dealkylation sites (tertiary alicyclic amines) is 1. The van der Waals surface area contributed by atoms with Crippen LogP contribution in [0.5, 0.6) is 0 Å². The van der Waals surface area contributed by atoms with Crippen LogP contribution >= 0.6 is 0 Å². The molecule has 2 atom stereocenters. The van der Waals surface area contributed by atoms with Crippen LogP contribution in [-0.2, 0) is 4.79 Å². The van der Waals surface area contributed by atoms with Crippen molar-refractivity contribution in [2.24, 2.45) is 0 Å². The molecule has 80 valence electrons. The number of nitrogens with two attached hydrogens (primary N) is 1. The lowest BCUT2D eigenvalue weighted by molar-refractivity contribution is -0.127. The highest BCUT2D eigenvalue weighted by Gasteiger charge is 2.34. The van der Waals surface area contributed by atoms with Crippen LogP contribution in [0.15, 0.2) is 24.3 Å². The summed E-state index contributed by atoms with van der Waals surface area (Å²) in [4.78, 5) is 13.4. The molecule has 2 N–H and O–H groups in total. The molecule has 1 aromatic rings. The first-order valence-electron chi connectivity index (χ1n) is 5.20. The molecule has 2 rings (SSSR count). The van der Waals surface area contributed by atoms with Crippen LogP contribution in [0, 0.1) is 0 Å². The van der Waals surface area contributed by atoms with Crippen LogP contribution < -0.4 is 5.73 Å². The first kappa shape index (κ1) is 10.0. The van der Waals surface area contributed by atoms with Gasteiger partial charge < -0.3 is 10.6 Å². The molecule has 0 spiro atoms. The Morgan fingerprint density at radius 2 is 1.93 bits per heavy atom. The zero-order valence-electron chi connectivity index (χ0n) is 9.10. The molecule has 1 aromatic carbocycles. The van der Waals surface area contributed by atoms with Gasteiger partial charge in [-0.05, 0) is 24.6 Å². The van der Waals surface area contributed by atoms with Crippen molar-refractivity contribution in [3.8, 4) is 0 Å². The van der Waals surface area contributed by atoms with E-state index in [1.165, 1.54) is 5.56 Å². The van der Waals surface area contributed by atoms with Crippen LogP contribution in [-0.4, -0.2) is 23.9 Å². The molecular weight excluding hydrogens is 188 g/mol. The summed E-state index contributed by atoms with van der Waals surface area (Å²) in [6.07, 6.45) is 0.613. The molecule has 1 fully saturated rings. The van der Waals surface area contributed by atoms with Gasteiger partial charge in [-0.15, -0.1) is 0 Å². The Morgan fingerprint density at radius 1 is 1.33 bits per heavy atom. The Bertz CT molecular complexity index is 372. The van der Waals surface area contributed by atoms with Gasteiger partial charge in [-0.25, -0.2) is 0 Å². The Kier molecular flexibility index (Phi) is 2.39. The third-order valence-corrected chi connectivity index (χ3v) is 3.35. The smallest absolute Gasteiger partial charge is 0.223 e. The fourth-order valence-corrected chi connectivity index (χ4v) is 2.14. The van der Waals surface area contributed by atoms with Crippen LogP contribution in [0.1, 0.15) is 24.8 Å². The third kappa shape index (κ3) is 1.69. The average molecular weight is 204 g/mol. The molecular formula is C12H16N2O. The van der Waals surface area contributed by atoms with Crippen molar-refractivity contribution in [2.75, 3.05) is 12.8 Å². The molecule has 1 aliphatic heterocycles. The molecule has 1 heterocycles. The number of amides is 1. The van der Waals surface area contributed by atoms with Crippen molar-refractivity contribution < 1.29 is 4.79 Å². The number of anilines is 1. The number of nitrogen functional groups attached to an aromatic ring is 1. The van der Waals surface area contributed by atoms with Gasteiger partial charge in [-0.1, -0.05) is 12.1 Å². The summed E-state index contributed by atoms with van der Waals surface area (Å²) in [6, 6.07) is 8.10. The van der Waals surface area contributed by atoms with E-state index in [1.54, 1.807) is 0 Å². The first-order chi connectivity index (χ1) is 7.09. The van der Waals surface area contributed by atoms with E-state index in [0.29, 0.717) is 12.3 Å². The summed E-state index contributed by atoms with van der Waals surface area (Å²) in [5, 5.41) is 0. The lowest BCUT2D eigenvalue weighted by atomic mass is 9.92. The summed E-state index contributed by atoms with van der Waals surface area (Å²) in [6.45, 7) is 2.09. The van der Waals surface area contributed by atoms with E-state index in [0.717, 1.165) is 5.69 Å². The highest BCUT2D eigenvalue weighted by molar-refractivity contribution is 5.80. The Hall–Kier alpha value is -1.51. The van der Waals surface area contributed by atoms with Gasteiger partial charge in [0.1, 0.15) is 0 Å². The molecule has 3 heteroatoms. The van der Waals surface area contributed by atoms with Gasteiger partial charge in [0, 0.05) is 31.1 Å². The fraction of sp³-hybridized carbons (Fsp3) is 0.417. The molecule has 1 amide bonds. The summed E-state index contributed by atoms with van der Waals surface area (Å²) < 4.78 is 0. The number of nitrogens with zero attached hydrogens (tertiary/aromatic N) is 1. The summed E-state index contributed by atoms with van der Waals surface area (Å²) >= 11 is 0. The second kappa shape index (κ2) is 3.57. The maximum absolute atomic E-state index is 11.5. The minimum Gasteiger partial charge on any atom is -0.399 e. The lowest BCUT2D eigenvalue weighted by Gasteiger charge is -2.20. The van der Waals surface area contributed by atoms with Gasteiger partial charge in [-0.3, -0.25) is 4.79 Å². The SMILES string of the molecule is CC1C(c2ccc(N)cc2)CC(=O)N1C. The van der Waals surface area contributed by atoms with Gasteiger partial charge in [0.05, 0.1) is 0 Å². The summed E-state index contributed by atoms with van der Waals surface area (Å²) in [5.74, 6) is 0.535. The normalized spacial score (nSPS) is 26.0. The molecule has 1 aliphatic rings. The summed E-state index contributed by atoms with van der Waals surface area (Å²) in [5.41, 5.74) is 7.61. The number of carbonyl (C=O) groups excluding carboxylic acids is 1. The molecule has 0 aromatic heterocycles. The highest BCUT2D eigenvalue weighted by atomic mass is 16.2. The van der Waals surface area contributed by atoms with Crippen molar-refractivity contribution in [1.82, 2.24) is 4.90 Å². The average Bonchev–Trinajstić information content (AvgIpc) is 2.47. The minimum absolute atomic E-state index is 0.226.